The lowest BCUT2D eigenvalue weighted by Gasteiger charge is -2.16. The van der Waals surface area contributed by atoms with E-state index < -0.39 is 17.8 Å². The normalized spacial score (nSPS) is 15.2. The fraction of sp³-hybridized carbons (Fsp3) is 0.364. The van der Waals surface area contributed by atoms with Crippen molar-refractivity contribution in [1.29, 1.82) is 0 Å². The largest absolute Gasteiger partial charge is 0.442 e. The van der Waals surface area contributed by atoms with Gasteiger partial charge in [-0.2, -0.15) is 18.3 Å². The lowest BCUT2D eigenvalue weighted by Crippen LogP contribution is -2.31. The third-order valence-corrected chi connectivity index (χ3v) is 2.49. The third-order valence-electron chi connectivity index (χ3n) is 2.49. The van der Waals surface area contributed by atoms with Gasteiger partial charge in [0.05, 0.1) is 5.56 Å². The summed E-state index contributed by atoms with van der Waals surface area (Å²) < 4.78 is 43.5. The molecule has 9 heteroatoms. The van der Waals surface area contributed by atoms with Gasteiger partial charge in [0.1, 0.15) is 18.1 Å². The molecule has 6 nitrogen and oxygen atoms in total. The summed E-state index contributed by atoms with van der Waals surface area (Å²) in [6.45, 7) is 1.78. The fourth-order valence-electron chi connectivity index (χ4n) is 1.61. The smallest absolute Gasteiger partial charge is 0.428 e. The molecule has 0 spiro atoms. The van der Waals surface area contributed by atoms with Crippen molar-refractivity contribution in [3.8, 4) is 0 Å². The van der Waals surface area contributed by atoms with Gasteiger partial charge in [-0.05, 0) is 13.0 Å². The van der Waals surface area contributed by atoms with Gasteiger partial charge >= 0.3 is 12.3 Å². The molecule has 2 rings (SSSR count). The van der Waals surface area contributed by atoms with E-state index in [1.807, 2.05) is 5.43 Å². The van der Waals surface area contributed by atoms with E-state index in [2.05, 4.69) is 20.1 Å². The number of carbonyl (C=O) groups is 1. The minimum absolute atomic E-state index is 0.138. The summed E-state index contributed by atoms with van der Waals surface area (Å²) in [6.07, 6.45) is -4.05. The summed E-state index contributed by atoms with van der Waals surface area (Å²) in [5.41, 5.74) is 1.45. The lowest BCUT2D eigenvalue weighted by atomic mass is 10.1. The van der Waals surface area contributed by atoms with Crippen LogP contribution >= 0.6 is 0 Å². The second-order valence-corrected chi connectivity index (χ2v) is 3.89. The molecule has 0 aromatic carbocycles. The maximum absolute atomic E-state index is 13.0. The first-order chi connectivity index (χ1) is 9.41. The number of ether oxygens (including phenoxy) is 1. The highest BCUT2D eigenvalue weighted by atomic mass is 19.4. The number of rotatable bonds is 3. The molecule has 0 unspecified atom stereocenters. The van der Waals surface area contributed by atoms with Gasteiger partial charge in [0.15, 0.2) is 0 Å². The number of halogens is 3. The van der Waals surface area contributed by atoms with Crippen molar-refractivity contribution >= 4 is 17.6 Å². The number of nitrogens with zero attached hydrogens (tertiary/aromatic N) is 2. The second-order valence-electron chi connectivity index (χ2n) is 3.89. The van der Waals surface area contributed by atoms with Crippen LogP contribution in [0.2, 0.25) is 0 Å². The van der Waals surface area contributed by atoms with E-state index in [0.29, 0.717) is 6.54 Å². The second kappa shape index (κ2) is 5.35. The minimum atomic E-state index is -4.54. The van der Waals surface area contributed by atoms with Gasteiger partial charge in [-0.3, -0.25) is 0 Å². The van der Waals surface area contributed by atoms with Crippen molar-refractivity contribution in [1.82, 2.24) is 10.4 Å². The van der Waals surface area contributed by atoms with Crippen LogP contribution in [-0.4, -0.2) is 29.9 Å². The SMILES string of the molecule is CCNc1ncc(C2=NNC(=O)OC2)cc1C(F)(F)F. The fourth-order valence-corrected chi connectivity index (χ4v) is 1.61. The van der Waals surface area contributed by atoms with E-state index >= 15 is 0 Å². The highest BCUT2D eigenvalue weighted by Gasteiger charge is 2.35. The summed E-state index contributed by atoms with van der Waals surface area (Å²) in [5, 5.41) is 6.19. The van der Waals surface area contributed by atoms with Crippen molar-refractivity contribution in [3.05, 3.63) is 23.4 Å². The van der Waals surface area contributed by atoms with Crippen LogP contribution in [0.4, 0.5) is 23.8 Å². The summed E-state index contributed by atoms with van der Waals surface area (Å²) in [7, 11) is 0. The Bertz CT molecular complexity index is 557. The number of pyridine rings is 1. The summed E-state index contributed by atoms with van der Waals surface area (Å²) >= 11 is 0. The molecule has 0 atom stereocenters. The first-order valence-electron chi connectivity index (χ1n) is 5.72. The van der Waals surface area contributed by atoms with Gasteiger partial charge in [0, 0.05) is 18.3 Å². The number of cyclic esters (lactones) is 1. The molecule has 0 saturated carbocycles. The van der Waals surface area contributed by atoms with Crippen molar-refractivity contribution < 1.29 is 22.7 Å². The highest BCUT2D eigenvalue weighted by Crippen LogP contribution is 2.34. The maximum Gasteiger partial charge on any atom is 0.428 e. The highest BCUT2D eigenvalue weighted by molar-refractivity contribution is 6.03. The monoisotopic (exact) mass is 288 g/mol. The zero-order valence-corrected chi connectivity index (χ0v) is 10.4. The molecule has 0 bridgehead atoms. The van der Waals surface area contributed by atoms with Crippen LogP contribution in [0.3, 0.4) is 0 Å². The third kappa shape index (κ3) is 2.98. The van der Waals surface area contributed by atoms with Crippen LogP contribution in [-0.2, 0) is 10.9 Å². The number of carbonyl (C=O) groups excluding carboxylic acids is 1. The van der Waals surface area contributed by atoms with E-state index in [1.54, 1.807) is 6.92 Å². The zero-order chi connectivity index (χ0) is 14.8. The Morgan fingerprint density at radius 3 is 2.80 bits per heavy atom. The van der Waals surface area contributed by atoms with Crippen LogP contribution in [0.25, 0.3) is 0 Å². The molecule has 1 aromatic rings. The van der Waals surface area contributed by atoms with Crippen LogP contribution in [0.1, 0.15) is 18.1 Å². The first-order valence-corrected chi connectivity index (χ1v) is 5.72. The minimum Gasteiger partial charge on any atom is -0.442 e. The Morgan fingerprint density at radius 1 is 1.50 bits per heavy atom. The lowest BCUT2D eigenvalue weighted by molar-refractivity contribution is -0.137. The number of hydrogen-bond acceptors (Lipinski definition) is 5. The number of hydrogen-bond donors (Lipinski definition) is 2. The number of hydrazone groups is 1. The molecular formula is C11H11F3N4O2. The Kier molecular flexibility index (Phi) is 3.77. The van der Waals surface area contributed by atoms with Gasteiger partial charge in [0.2, 0.25) is 0 Å². The van der Waals surface area contributed by atoms with Crippen molar-refractivity contribution in [2.24, 2.45) is 5.10 Å². The number of anilines is 1. The quantitative estimate of drug-likeness (QED) is 0.891. The number of aromatic nitrogens is 1. The molecule has 0 saturated heterocycles. The molecule has 1 aliphatic heterocycles. The van der Waals surface area contributed by atoms with Gasteiger partial charge < -0.3 is 10.1 Å². The van der Waals surface area contributed by atoms with Gasteiger partial charge in [-0.25, -0.2) is 15.2 Å². The van der Waals surface area contributed by atoms with Crippen molar-refractivity contribution in [2.45, 2.75) is 13.1 Å². The first kappa shape index (κ1) is 14.1. The molecular weight excluding hydrogens is 277 g/mol. The van der Waals surface area contributed by atoms with Gasteiger partial charge in [-0.15, -0.1) is 0 Å². The molecule has 1 aromatic heterocycles. The van der Waals surface area contributed by atoms with E-state index in [0.717, 1.165) is 6.07 Å². The summed E-state index contributed by atoms with van der Waals surface area (Å²) in [4.78, 5) is 14.5. The number of alkyl halides is 3. The van der Waals surface area contributed by atoms with E-state index in [4.69, 9.17) is 0 Å². The molecule has 0 fully saturated rings. The average Bonchev–Trinajstić information content (AvgIpc) is 2.39. The molecule has 20 heavy (non-hydrogen) atoms. The molecule has 108 valence electrons. The number of amides is 1. The van der Waals surface area contributed by atoms with E-state index in [1.165, 1.54) is 6.20 Å². The van der Waals surface area contributed by atoms with Crippen LogP contribution < -0.4 is 10.7 Å². The van der Waals surface area contributed by atoms with Crippen LogP contribution in [0.15, 0.2) is 17.4 Å². The predicted octanol–water partition coefficient (Wildman–Crippen LogP) is 1.98. The Morgan fingerprint density at radius 2 is 2.25 bits per heavy atom. The molecule has 2 heterocycles. The van der Waals surface area contributed by atoms with Gasteiger partial charge in [-0.1, -0.05) is 0 Å². The molecule has 2 N–H and O–H groups in total. The van der Waals surface area contributed by atoms with E-state index in [-0.39, 0.29) is 23.7 Å². The number of nitrogens with one attached hydrogen (secondary N) is 2. The van der Waals surface area contributed by atoms with Crippen LogP contribution in [0, 0.1) is 0 Å². The predicted molar refractivity (Wildman–Crippen MR) is 64.4 cm³/mol. The van der Waals surface area contributed by atoms with Gasteiger partial charge in [0.25, 0.3) is 0 Å². The molecule has 1 aliphatic rings. The standard InChI is InChI=1S/C11H11F3N4O2/c1-2-15-9-7(11(12,13)14)3-6(4-16-9)8-5-20-10(19)18-17-8/h3-4H,2,5H2,1H3,(H,15,16)(H,18,19). The Hall–Kier alpha value is -2.32. The van der Waals surface area contributed by atoms with Crippen molar-refractivity contribution in [2.75, 3.05) is 18.5 Å². The average molecular weight is 288 g/mol. The Balaban J connectivity index is 2.39. The molecule has 0 radical (unpaired) electrons. The van der Waals surface area contributed by atoms with E-state index in [9.17, 15) is 18.0 Å². The summed E-state index contributed by atoms with van der Waals surface area (Å²) in [6, 6.07) is 0.921. The van der Waals surface area contributed by atoms with Crippen LogP contribution in [0.5, 0.6) is 0 Å². The molecule has 1 amide bonds. The topological polar surface area (TPSA) is 75.6 Å². The Labute approximate surface area is 112 Å². The summed E-state index contributed by atoms with van der Waals surface area (Å²) in [5.74, 6) is -0.245. The maximum atomic E-state index is 13.0. The van der Waals surface area contributed by atoms with Crippen molar-refractivity contribution in [3.63, 3.8) is 0 Å². The molecule has 0 aliphatic carbocycles. The zero-order valence-electron chi connectivity index (χ0n) is 10.4.